The fourth-order valence-corrected chi connectivity index (χ4v) is 3.20. The molecule has 28 heavy (non-hydrogen) atoms. The van der Waals surface area contributed by atoms with E-state index in [0.717, 1.165) is 0 Å². The second-order valence-electron chi connectivity index (χ2n) is 6.61. The molecule has 1 atom stereocenters. The first kappa shape index (κ1) is 19.6. The molecule has 3 rings (SSSR count). The zero-order chi connectivity index (χ0) is 20.3. The molecule has 0 bridgehead atoms. The largest absolute Gasteiger partial charge is 0.502 e. The minimum Gasteiger partial charge on any atom is -0.502 e. The van der Waals surface area contributed by atoms with Crippen molar-refractivity contribution >= 4 is 11.9 Å². The van der Waals surface area contributed by atoms with Crippen LogP contribution in [-0.2, 0) is 9.53 Å². The summed E-state index contributed by atoms with van der Waals surface area (Å²) >= 11 is 0. The van der Waals surface area contributed by atoms with Crippen LogP contribution in [0.3, 0.4) is 0 Å². The first-order chi connectivity index (χ1) is 13.4. The Labute approximate surface area is 161 Å². The monoisotopic (exact) mass is 387 g/mol. The van der Waals surface area contributed by atoms with Gasteiger partial charge in [-0.1, -0.05) is 12.1 Å². The van der Waals surface area contributed by atoms with Gasteiger partial charge in [0.2, 0.25) is 17.1 Å². The van der Waals surface area contributed by atoms with Crippen LogP contribution in [0.1, 0.15) is 39.8 Å². The third-order valence-corrected chi connectivity index (χ3v) is 4.69. The Morgan fingerprint density at radius 1 is 1.18 bits per heavy atom. The van der Waals surface area contributed by atoms with Gasteiger partial charge >= 0.3 is 5.97 Å². The topological polar surface area (TPSA) is 117 Å². The molecular formula is C20H21NO7. The van der Waals surface area contributed by atoms with Crippen LogP contribution in [0.5, 0.6) is 5.75 Å². The number of carbonyl (C=O) groups excluding carboxylic acids is 1. The van der Waals surface area contributed by atoms with Crippen molar-refractivity contribution < 1.29 is 29.0 Å². The number of carboxylic acids is 1. The highest BCUT2D eigenvalue weighted by atomic mass is 16.5. The number of hydrogen-bond acceptors (Lipinski definition) is 6. The van der Waals surface area contributed by atoms with Gasteiger partial charge in [0.15, 0.2) is 5.76 Å². The molecule has 0 radical (unpaired) electrons. The lowest BCUT2D eigenvalue weighted by Crippen LogP contribution is -2.41. The van der Waals surface area contributed by atoms with E-state index in [-0.39, 0.29) is 23.7 Å². The lowest BCUT2D eigenvalue weighted by atomic mass is 9.91. The van der Waals surface area contributed by atoms with E-state index in [1.807, 2.05) is 0 Å². The third kappa shape index (κ3) is 4.23. The van der Waals surface area contributed by atoms with Crippen molar-refractivity contribution in [2.24, 2.45) is 0 Å². The number of hydrogen-bond donors (Lipinski definition) is 2. The number of ether oxygens (including phenoxy) is 1. The first-order valence-electron chi connectivity index (χ1n) is 8.89. The second kappa shape index (κ2) is 8.26. The Kier molecular flexibility index (Phi) is 5.79. The van der Waals surface area contributed by atoms with Crippen LogP contribution >= 0.6 is 0 Å². The maximum absolute atomic E-state index is 12.8. The van der Waals surface area contributed by atoms with Gasteiger partial charge in [0.05, 0.1) is 24.7 Å². The quantitative estimate of drug-likeness (QED) is 0.802. The maximum atomic E-state index is 12.8. The molecule has 1 amide bonds. The Morgan fingerprint density at radius 3 is 2.43 bits per heavy atom. The van der Waals surface area contributed by atoms with Crippen LogP contribution < -0.4 is 5.43 Å². The number of nitrogens with zero attached hydrogens (tertiary/aromatic N) is 1. The van der Waals surface area contributed by atoms with Crippen LogP contribution in [0.25, 0.3) is 0 Å². The second-order valence-corrected chi connectivity index (χ2v) is 6.61. The van der Waals surface area contributed by atoms with Crippen molar-refractivity contribution in [3.05, 3.63) is 63.2 Å². The molecule has 0 aliphatic carbocycles. The van der Waals surface area contributed by atoms with Crippen molar-refractivity contribution in [2.45, 2.75) is 19.3 Å². The lowest BCUT2D eigenvalue weighted by molar-refractivity contribution is -0.135. The summed E-state index contributed by atoms with van der Waals surface area (Å²) in [5.74, 6) is -2.21. The average Bonchev–Trinajstić information content (AvgIpc) is 2.69. The molecule has 1 aliphatic heterocycles. The molecule has 0 spiro atoms. The number of carboxylic acid groups (broad SMARTS) is 1. The van der Waals surface area contributed by atoms with E-state index in [4.69, 9.17) is 14.3 Å². The molecule has 2 aromatic rings. The number of aromatic carboxylic acids is 1. The summed E-state index contributed by atoms with van der Waals surface area (Å²) < 4.78 is 10.9. The molecule has 1 aliphatic rings. The van der Waals surface area contributed by atoms with Crippen LogP contribution in [-0.4, -0.2) is 53.3 Å². The molecule has 1 aromatic carbocycles. The Morgan fingerprint density at radius 2 is 1.82 bits per heavy atom. The number of benzene rings is 1. The number of morpholine rings is 1. The van der Waals surface area contributed by atoms with E-state index in [2.05, 4.69) is 0 Å². The summed E-state index contributed by atoms with van der Waals surface area (Å²) in [6.07, 6.45) is -0.0353. The number of rotatable bonds is 5. The highest BCUT2D eigenvalue weighted by Gasteiger charge is 2.28. The van der Waals surface area contributed by atoms with Gasteiger partial charge in [-0.25, -0.2) is 4.79 Å². The molecule has 0 saturated carbocycles. The third-order valence-electron chi connectivity index (χ3n) is 4.69. The van der Waals surface area contributed by atoms with E-state index >= 15 is 0 Å². The van der Waals surface area contributed by atoms with Crippen molar-refractivity contribution in [3.8, 4) is 5.75 Å². The summed E-state index contributed by atoms with van der Waals surface area (Å²) in [5.41, 5.74) is 0.0670. The van der Waals surface area contributed by atoms with Gasteiger partial charge < -0.3 is 24.3 Å². The van der Waals surface area contributed by atoms with Crippen molar-refractivity contribution in [1.82, 2.24) is 4.90 Å². The average molecular weight is 387 g/mol. The summed E-state index contributed by atoms with van der Waals surface area (Å²) in [6, 6.07) is 7.11. The summed E-state index contributed by atoms with van der Waals surface area (Å²) in [6.45, 7) is 3.42. The van der Waals surface area contributed by atoms with Gasteiger partial charge in [0.1, 0.15) is 5.76 Å². The molecule has 1 fully saturated rings. The van der Waals surface area contributed by atoms with Crippen LogP contribution in [0.2, 0.25) is 0 Å². The zero-order valence-electron chi connectivity index (χ0n) is 15.4. The molecule has 2 N–H and O–H groups in total. The summed E-state index contributed by atoms with van der Waals surface area (Å²) in [4.78, 5) is 37.6. The van der Waals surface area contributed by atoms with E-state index in [0.29, 0.717) is 37.6 Å². The Balaban J connectivity index is 1.99. The van der Waals surface area contributed by atoms with Gasteiger partial charge in [-0.3, -0.25) is 9.59 Å². The highest BCUT2D eigenvalue weighted by Crippen LogP contribution is 2.33. The summed E-state index contributed by atoms with van der Waals surface area (Å²) in [7, 11) is 0. The molecule has 2 heterocycles. The van der Waals surface area contributed by atoms with Gasteiger partial charge in [0, 0.05) is 25.6 Å². The molecule has 1 aromatic heterocycles. The maximum Gasteiger partial charge on any atom is 0.335 e. The molecule has 8 heteroatoms. The van der Waals surface area contributed by atoms with Crippen LogP contribution in [0.4, 0.5) is 0 Å². The standard InChI is InChI=1S/C20H21NO7/c1-12-10-16(22)18(24)19(28-12)15(11-17(23)21-6-8-27-9-7-21)13-2-4-14(5-3-13)20(25)26/h2-5,10,15,24H,6-9,11H2,1H3,(H,25,26)/t15-/m1/s1. The van der Waals surface area contributed by atoms with Gasteiger partial charge in [0.25, 0.3) is 0 Å². The molecular weight excluding hydrogens is 366 g/mol. The number of aryl methyl sites for hydroxylation is 1. The summed E-state index contributed by atoms with van der Waals surface area (Å²) in [5, 5.41) is 19.4. The smallest absolute Gasteiger partial charge is 0.335 e. The van der Waals surface area contributed by atoms with E-state index < -0.39 is 23.1 Å². The van der Waals surface area contributed by atoms with Gasteiger partial charge in [-0.2, -0.15) is 0 Å². The van der Waals surface area contributed by atoms with Crippen molar-refractivity contribution in [3.63, 3.8) is 0 Å². The Bertz CT molecular complexity index is 927. The van der Waals surface area contributed by atoms with Crippen LogP contribution in [0, 0.1) is 6.92 Å². The number of aromatic hydroxyl groups is 1. The van der Waals surface area contributed by atoms with E-state index in [1.165, 1.54) is 18.2 Å². The van der Waals surface area contributed by atoms with Crippen LogP contribution in [0.15, 0.2) is 39.5 Å². The van der Waals surface area contributed by atoms with Crippen molar-refractivity contribution in [1.29, 1.82) is 0 Å². The SMILES string of the molecule is Cc1cc(=O)c(O)c([C@H](CC(=O)N2CCOCC2)c2ccc(C(=O)O)cc2)o1. The Hall–Kier alpha value is -3.13. The predicted molar refractivity (Wildman–Crippen MR) is 98.6 cm³/mol. The molecule has 148 valence electrons. The van der Waals surface area contributed by atoms with E-state index in [9.17, 15) is 19.5 Å². The normalized spacial score (nSPS) is 15.2. The highest BCUT2D eigenvalue weighted by molar-refractivity contribution is 5.87. The zero-order valence-corrected chi connectivity index (χ0v) is 15.4. The van der Waals surface area contributed by atoms with Crippen molar-refractivity contribution in [2.75, 3.05) is 26.3 Å². The van der Waals surface area contributed by atoms with Gasteiger partial charge in [-0.05, 0) is 24.6 Å². The minimum absolute atomic E-state index is 0.00492. The minimum atomic E-state index is -1.07. The van der Waals surface area contributed by atoms with E-state index in [1.54, 1.807) is 24.0 Å². The fourth-order valence-electron chi connectivity index (χ4n) is 3.20. The number of carbonyl (C=O) groups is 2. The van der Waals surface area contributed by atoms with Gasteiger partial charge in [-0.15, -0.1) is 0 Å². The molecule has 8 nitrogen and oxygen atoms in total. The fraction of sp³-hybridized carbons (Fsp3) is 0.350. The molecule has 0 unspecified atom stereocenters. The molecule has 1 saturated heterocycles. The predicted octanol–water partition coefficient (Wildman–Crippen LogP) is 1.73. The first-order valence-corrected chi connectivity index (χ1v) is 8.89. The lowest BCUT2D eigenvalue weighted by Gasteiger charge is -2.28. The number of amides is 1.